The smallest absolute Gasteiger partial charge is 0.212 e. The van der Waals surface area contributed by atoms with Crippen molar-refractivity contribution in [2.45, 2.75) is 33.1 Å². The minimum Gasteiger partial charge on any atom is -0.212 e. The lowest BCUT2D eigenvalue weighted by molar-refractivity contribution is 0.281. The molecule has 0 unspecified atom stereocenters. The van der Waals surface area contributed by atoms with E-state index in [-0.39, 0.29) is 0 Å². The van der Waals surface area contributed by atoms with Crippen LogP contribution >= 0.6 is 0 Å². The molecular formula is C9H19NO2S. The van der Waals surface area contributed by atoms with Crippen molar-refractivity contribution in [2.24, 2.45) is 5.92 Å². The molecule has 0 aromatic rings. The summed E-state index contributed by atoms with van der Waals surface area (Å²) in [4.78, 5) is 0. The van der Waals surface area contributed by atoms with Crippen molar-refractivity contribution in [3.05, 3.63) is 0 Å². The average molecular weight is 205 g/mol. The first kappa shape index (κ1) is 11.0. The first-order valence-electron chi connectivity index (χ1n) is 5.04. The van der Waals surface area contributed by atoms with E-state index < -0.39 is 10.0 Å². The van der Waals surface area contributed by atoms with Crippen LogP contribution in [0, 0.1) is 5.92 Å². The fourth-order valence-electron chi connectivity index (χ4n) is 1.79. The lowest BCUT2D eigenvalue weighted by Crippen LogP contribution is -2.40. The number of rotatable bonds is 3. The molecule has 1 saturated heterocycles. The largest absolute Gasteiger partial charge is 0.214 e. The van der Waals surface area contributed by atoms with Crippen molar-refractivity contribution in [1.82, 2.24) is 4.31 Å². The molecule has 0 radical (unpaired) electrons. The molecule has 1 rings (SSSR count). The maximum Gasteiger partial charge on any atom is 0.214 e. The van der Waals surface area contributed by atoms with E-state index in [4.69, 9.17) is 0 Å². The normalized spacial score (nSPS) is 26.2. The highest BCUT2D eigenvalue weighted by Gasteiger charge is 2.25. The van der Waals surface area contributed by atoms with E-state index in [2.05, 4.69) is 6.92 Å². The van der Waals surface area contributed by atoms with Crippen molar-refractivity contribution in [3.8, 4) is 0 Å². The zero-order valence-electron chi connectivity index (χ0n) is 8.49. The molecule has 4 heteroatoms. The van der Waals surface area contributed by atoms with Gasteiger partial charge in [0, 0.05) is 13.1 Å². The molecule has 3 nitrogen and oxygen atoms in total. The third-order valence-electron chi connectivity index (χ3n) is 2.48. The summed E-state index contributed by atoms with van der Waals surface area (Å²) in [6.45, 7) is 5.48. The van der Waals surface area contributed by atoms with Gasteiger partial charge < -0.3 is 0 Å². The van der Waals surface area contributed by atoms with E-state index >= 15 is 0 Å². The molecule has 0 saturated carbocycles. The number of nitrogens with zero attached hydrogens (tertiary/aromatic N) is 1. The van der Waals surface area contributed by atoms with E-state index in [1.807, 2.05) is 6.92 Å². The van der Waals surface area contributed by atoms with Crippen LogP contribution in [0.25, 0.3) is 0 Å². The second kappa shape index (κ2) is 4.42. The summed E-state index contributed by atoms with van der Waals surface area (Å²) in [5, 5.41) is 0. The molecule has 0 N–H and O–H groups in total. The Morgan fingerprint density at radius 1 is 1.46 bits per heavy atom. The van der Waals surface area contributed by atoms with Crippen molar-refractivity contribution < 1.29 is 8.42 Å². The van der Waals surface area contributed by atoms with Gasteiger partial charge in [-0.1, -0.05) is 13.8 Å². The van der Waals surface area contributed by atoms with Crippen LogP contribution < -0.4 is 0 Å². The van der Waals surface area contributed by atoms with Crippen molar-refractivity contribution in [2.75, 3.05) is 18.8 Å². The van der Waals surface area contributed by atoms with Crippen LogP contribution in [0.4, 0.5) is 0 Å². The minimum atomic E-state index is -2.93. The summed E-state index contributed by atoms with van der Waals surface area (Å²) in [5.41, 5.74) is 0. The highest BCUT2D eigenvalue weighted by atomic mass is 32.2. The van der Waals surface area contributed by atoms with Gasteiger partial charge in [0.05, 0.1) is 5.75 Å². The summed E-state index contributed by atoms with van der Waals surface area (Å²) in [6, 6.07) is 0. The second-order valence-corrected chi connectivity index (χ2v) is 6.01. The topological polar surface area (TPSA) is 37.4 Å². The van der Waals surface area contributed by atoms with E-state index in [0.717, 1.165) is 25.9 Å². The fourth-order valence-corrected chi connectivity index (χ4v) is 3.45. The lowest BCUT2D eigenvalue weighted by atomic mass is 10.0. The average Bonchev–Trinajstić information content (AvgIpc) is 2.04. The zero-order chi connectivity index (χ0) is 9.90. The molecule has 0 spiro atoms. The third kappa shape index (κ3) is 2.95. The second-order valence-electron chi connectivity index (χ2n) is 3.92. The molecule has 1 aliphatic rings. The number of hydrogen-bond donors (Lipinski definition) is 0. The first-order valence-corrected chi connectivity index (χ1v) is 6.65. The molecule has 1 aliphatic heterocycles. The Kier molecular flexibility index (Phi) is 3.74. The number of piperidine rings is 1. The number of hydrogen-bond acceptors (Lipinski definition) is 2. The van der Waals surface area contributed by atoms with Gasteiger partial charge in [0.2, 0.25) is 10.0 Å². The molecule has 1 atom stereocenters. The van der Waals surface area contributed by atoms with Crippen molar-refractivity contribution >= 4 is 10.0 Å². The van der Waals surface area contributed by atoms with E-state index in [1.54, 1.807) is 4.31 Å². The van der Waals surface area contributed by atoms with Crippen LogP contribution in [-0.4, -0.2) is 31.6 Å². The molecule has 0 amide bonds. The predicted molar refractivity (Wildman–Crippen MR) is 54.0 cm³/mol. The Morgan fingerprint density at radius 2 is 2.15 bits per heavy atom. The minimum absolute atomic E-state index is 0.305. The lowest BCUT2D eigenvalue weighted by Gasteiger charge is -2.29. The number of sulfonamides is 1. The Hall–Kier alpha value is -0.0900. The first-order chi connectivity index (χ1) is 6.06. The summed E-state index contributed by atoms with van der Waals surface area (Å²) in [5.74, 6) is 0.833. The zero-order valence-corrected chi connectivity index (χ0v) is 9.31. The Bertz CT molecular complexity index is 248. The van der Waals surface area contributed by atoms with Crippen LogP contribution in [0.15, 0.2) is 0 Å². The van der Waals surface area contributed by atoms with E-state index in [0.29, 0.717) is 18.1 Å². The summed E-state index contributed by atoms with van der Waals surface area (Å²) in [7, 11) is -2.93. The van der Waals surface area contributed by atoms with Crippen molar-refractivity contribution in [3.63, 3.8) is 0 Å². The van der Waals surface area contributed by atoms with Gasteiger partial charge in [-0.25, -0.2) is 12.7 Å². The quantitative estimate of drug-likeness (QED) is 0.699. The van der Waals surface area contributed by atoms with E-state index in [9.17, 15) is 8.42 Å². The van der Waals surface area contributed by atoms with Crippen LogP contribution in [0.1, 0.15) is 33.1 Å². The molecule has 0 bridgehead atoms. The van der Waals surface area contributed by atoms with Gasteiger partial charge in [-0.2, -0.15) is 0 Å². The molecule has 13 heavy (non-hydrogen) atoms. The van der Waals surface area contributed by atoms with Gasteiger partial charge in [0.25, 0.3) is 0 Å². The van der Waals surface area contributed by atoms with Gasteiger partial charge >= 0.3 is 0 Å². The molecule has 78 valence electrons. The monoisotopic (exact) mass is 205 g/mol. The SMILES string of the molecule is CCCS(=O)(=O)N1CCC[C@H](C)C1. The summed E-state index contributed by atoms with van der Waals surface area (Å²) in [6.07, 6.45) is 2.90. The van der Waals surface area contributed by atoms with Gasteiger partial charge in [0.1, 0.15) is 0 Å². The van der Waals surface area contributed by atoms with Crippen LogP contribution in [0.2, 0.25) is 0 Å². The highest BCUT2D eigenvalue weighted by Crippen LogP contribution is 2.18. The van der Waals surface area contributed by atoms with Crippen LogP contribution in [0.5, 0.6) is 0 Å². The third-order valence-corrected chi connectivity index (χ3v) is 4.52. The van der Waals surface area contributed by atoms with Gasteiger partial charge in [-0.3, -0.25) is 0 Å². The molecular weight excluding hydrogens is 186 g/mol. The van der Waals surface area contributed by atoms with Gasteiger partial charge in [-0.05, 0) is 25.2 Å². The van der Waals surface area contributed by atoms with Gasteiger partial charge in [0.15, 0.2) is 0 Å². The molecule has 1 fully saturated rings. The molecule has 1 heterocycles. The van der Waals surface area contributed by atoms with Crippen molar-refractivity contribution in [1.29, 1.82) is 0 Å². The maximum atomic E-state index is 11.7. The van der Waals surface area contributed by atoms with Crippen LogP contribution in [0.3, 0.4) is 0 Å². The summed E-state index contributed by atoms with van der Waals surface area (Å²) >= 11 is 0. The van der Waals surface area contributed by atoms with Gasteiger partial charge in [-0.15, -0.1) is 0 Å². The molecule has 0 aromatic heterocycles. The van der Waals surface area contributed by atoms with Crippen LogP contribution in [-0.2, 0) is 10.0 Å². The molecule has 0 aromatic carbocycles. The Morgan fingerprint density at radius 3 is 2.69 bits per heavy atom. The molecule has 0 aliphatic carbocycles. The standard InChI is InChI=1S/C9H19NO2S/c1-3-7-13(11,12)10-6-4-5-9(2)8-10/h9H,3-8H2,1-2H3/t9-/m0/s1. The Balaban J connectivity index is 2.60. The fraction of sp³-hybridized carbons (Fsp3) is 1.00. The maximum absolute atomic E-state index is 11.7. The Labute approximate surface area is 81.2 Å². The predicted octanol–water partition coefficient (Wildman–Crippen LogP) is 1.46. The summed E-state index contributed by atoms with van der Waals surface area (Å²) < 4.78 is 25.0. The highest BCUT2D eigenvalue weighted by molar-refractivity contribution is 7.89. The van der Waals surface area contributed by atoms with E-state index in [1.165, 1.54) is 0 Å².